The molecule has 16 heavy (non-hydrogen) atoms. The minimum Gasteiger partial charge on any atom is -0.349 e. The highest BCUT2D eigenvalue weighted by Crippen LogP contribution is 2.31. The van der Waals surface area contributed by atoms with Gasteiger partial charge in [-0.05, 0) is 20.8 Å². The molecule has 0 aliphatic heterocycles. The van der Waals surface area contributed by atoms with E-state index in [9.17, 15) is 10.1 Å². The van der Waals surface area contributed by atoms with Crippen molar-refractivity contribution in [1.29, 1.82) is 0 Å². The fourth-order valence-electron chi connectivity index (χ4n) is 1.48. The first-order valence-electron chi connectivity index (χ1n) is 4.90. The number of halogens is 1. The van der Waals surface area contributed by atoms with E-state index < -0.39 is 4.92 Å². The quantitative estimate of drug-likeness (QED) is 0.462. The summed E-state index contributed by atoms with van der Waals surface area (Å²) in [5.41, 5.74) is -0.236. The van der Waals surface area contributed by atoms with Crippen LogP contribution in [0.15, 0.2) is 6.33 Å². The van der Waals surface area contributed by atoms with Gasteiger partial charge in [-0.25, -0.2) is 9.97 Å². The molecular weight excluding hydrogens is 232 g/mol. The van der Waals surface area contributed by atoms with Crippen LogP contribution in [0.4, 0.5) is 11.5 Å². The van der Waals surface area contributed by atoms with Gasteiger partial charge in [0.25, 0.3) is 0 Å². The number of hydrogen-bond acceptors (Lipinski definition) is 5. The third kappa shape index (κ3) is 2.38. The number of aromatic nitrogens is 2. The van der Waals surface area contributed by atoms with Gasteiger partial charge in [0.15, 0.2) is 0 Å². The van der Waals surface area contributed by atoms with Gasteiger partial charge in [-0.3, -0.25) is 10.1 Å². The van der Waals surface area contributed by atoms with Gasteiger partial charge >= 0.3 is 5.69 Å². The maximum absolute atomic E-state index is 10.9. The van der Waals surface area contributed by atoms with Crippen molar-refractivity contribution in [3.05, 3.63) is 21.6 Å². The van der Waals surface area contributed by atoms with E-state index in [1.807, 2.05) is 20.8 Å². The summed E-state index contributed by atoms with van der Waals surface area (Å²) in [6.45, 7) is 6.39. The SMILES string of the molecule is CCN(c1ncnc(Cl)c1[N+](=O)[O-])C(C)C. The maximum Gasteiger partial charge on any atom is 0.348 e. The molecule has 1 rings (SSSR count). The van der Waals surface area contributed by atoms with Crippen molar-refractivity contribution in [1.82, 2.24) is 9.97 Å². The predicted molar refractivity (Wildman–Crippen MR) is 61.9 cm³/mol. The van der Waals surface area contributed by atoms with Crippen LogP contribution in [0, 0.1) is 10.1 Å². The molecule has 88 valence electrons. The lowest BCUT2D eigenvalue weighted by molar-refractivity contribution is -0.384. The number of hydrogen-bond donors (Lipinski definition) is 0. The first kappa shape index (κ1) is 12.6. The van der Waals surface area contributed by atoms with E-state index in [4.69, 9.17) is 11.6 Å². The molecule has 0 bridgehead atoms. The molecule has 0 N–H and O–H groups in total. The summed E-state index contributed by atoms with van der Waals surface area (Å²) in [5, 5.41) is 10.8. The van der Waals surface area contributed by atoms with Crippen LogP contribution >= 0.6 is 11.6 Å². The molecule has 0 atom stereocenters. The average Bonchev–Trinajstić information content (AvgIpc) is 2.17. The van der Waals surface area contributed by atoms with E-state index in [2.05, 4.69) is 9.97 Å². The van der Waals surface area contributed by atoms with Crippen LogP contribution in [0.1, 0.15) is 20.8 Å². The number of rotatable bonds is 4. The largest absolute Gasteiger partial charge is 0.349 e. The molecule has 0 unspecified atom stereocenters. The van der Waals surface area contributed by atoms with Crippen LogP contribution in [-0.2, 0) is 0 Å². The zero-order chi connectivity index (χ0) is 12.3. The third-order valence-electron chi connectivity index (χ3n) is 2.18. The molecule has 0 aliphatic carbocycles. The van der Waals surface area contributed by atoms with Crippen LogP contribution in [0.3, 0.4) is 0 Å². The number of nitro groups is 1. The molecule has 1 aromatic heterocycles. The van der Waals surface area contributed by atoms with Gasteiger partial charge in [0, 0.05) is 12.6 Å². The Kier molecular flexibility index (Phi) is 4.00. The molecule has 0 amide bonds. The molecule has 0 fully saturated rings. The number of anilines is 1. The summed E-state index contributed by atoms with van der Waals surface area (Å²) in [7, 11) is 0. The van der Waals surface area contributed by atoms with Gasteiger partial charge < -0.3 is 4.90 Å². The molecule has 0 radical (unpaired) electrons. The second-order valence-corrected chi connectivity index (χ2v) is 3.83. The molecule has 0 saturated heterocycles. The molecule has 0 spiro atoms. The topological polar surface area (TPSA) is 72.2 Å². The van der Waals surface area contributed by atoms with Crippen molar-refractivity contribution >= 4 is 23.1 Å². The minimum atomic E-state index is -0.553. The molecule has 0 saturated carbocycles. The Morgan fingerprint density at radius 1 is 1.56 bits per heavy atom. The van der Waals surface area contributed by atoms with Crippen LogP contribution in [0.2, 0.25) is 5.15 Å². The summed E-state index contributed by atoms with van der Waals surface area (Å²) < 4.78 is 0. The maximum atomic E-state index is 10.9. The van der Waals surface area contributed by atoms with Crippen molar-refractivity contribution in [3.63, 3.8) is 0 Å². The lowest BCUT2D eigenvalue weighted by Gasteiger charge is -2.25. The van der Waals surface area contributed by atoms with E-state index in [1.54, 1.807) is 4.90 Å². The highest BCUT2D eigenvalue weighted by atomic mass is 35.5. The lowest BCUT2D eigenvalue weighted by Crippen LogP contribution is -2.31. The van der Waals surface area contributed by atoms with E-state index in [1.165, 1.54) is 6.33 Å². The molecule has 7 heteroatoms. The van der Waals surface area contributed by atoms with Crippen molar-refractivity contribution in [2.24, 2.45) is 0 Å². The second kappa shape index (κ2) is 5.07. The monoisotopic (exact) mass is 244 g/mol. The van der Waals surface area contributed by atoms with Crippen molar-refractivity contribution in [3.8, 4) is 0 Å². The summed E-state index contributed by atoms with van der Waals surface area (Å²) in [5.74, 6) is 0.266. The van der Waals surface area contributed by atoms with Gasteiger partial charge in [0.05, 0.1) is 4.92 Å². The smallest absolute Gasteiger partial charge is 0.348 e. The third-order valence-corrected chi connectivity index (χ3v) is 2.45. The van der Waals surface area contributed by atoms with Gasteiger partial charge in [-0.1, -0.05) is 11.6 Å². The van der Waals surface area contributed by atoms with E-state index in [-0.39, 0.29) is 22.7 Å². The Hall–Kier alpha value is -1.43. The Bertz CT molecular complexity index is 397. The normalized spacial score (nSPS) is 10.6. The van der Waals surface area contributed by atoms with Crippen molar-refractivity contribution in [2.75, 3.05) is 11.4 Å². The molecular formula is C9H13ClN4O2. The average molecular weight is 245 g/mol. The highest BCUT2D eigenvalue weighted by molar-refractivity contribution is 6.31. The summed E-state index contributed by atoms with van der Waals surface area (Å²) >= 11 is 5.71. The first-order valence-corrected chi connectivity index (χ1v) is 5.28. The number of nitrogens with zero attached hydrogens (tertiary/aromatic N) is 4. The van der Waals surface area contributed by atoms with Crippen LogP contribution in [-0.4, -0.2) is 27.5 Å². The van der Waals surface area contributed by atoms with Gasteiger partial charge in [-0.15, -0.1) is 0 Å². The van der Waals surface area contributed by atoms with Gasteiger partial charge in [-0.2, -0.15) is 0 Å². The van der Waals surface area contributed by atoms with Crippen LogP contribution in [0.25, 0.3) is 0 Å². The highest BCUT2D eigenvalue weighted by Gasteiger charge is 2.26. The fourth-order valence-corrected chi connectivity index (χ4v) is 1.67. The Labute approximate surface area is 98.4 Å². The summed E-state index contributed by atoms with van der Waals surface area (Å²) in [6.07, 6.45) is 1.23. The molecule has 0 aromatic carbocycles. The van der Waals surface area contributed by atoms with Crippen LogP contribution < -0.4 is 4.90 Å². The molecule has 0 aliphatic rings. The standard InChI is InChI=1S/C9H13ClN4O2/c1-4-13(6(2)3)9-7(14(15)16)8(10)11-5-12-9/h5-6H,4H2,1-3H3. The minimum absolute atomic E-state index is 0.106. The molecule has 1 heterocycles. The van der Waals surface area contributed by atoms with E-state index in [0.29, 0.717) is 6.54 Å². The summed E-state index contributed by atoms with van der Waals surface area (Å²) in [6, 6.07) is 0.106. The zero-order valence-electron chi connectivity index (χ0n) is 9.35. The Morgan fingerprint density at radius 3 is 2.62 bits per heavy atom. The van der Waals surface area contributed by atoms with E-state index >= 15 is 0 Å². The fraction of sp³-hybridized carbons (Fsp3) is 0.556. The molecule has 6 nitrogen and oxygen atoms in total. The first-order chi connectivity index (χ1) is 7.49. The van der Waals surface area contributed by atoms with Crippen molar-refractivity contribution < 1.29 is 4.92 Å². The zero-order valence-corrected chi connectivity index (χ0v) is 10.1. The lowest BCUT2D eigenvalue weighted by atomic mass is 10.3. The second-order valence-electron chi connectivity index (χ2n) is 3.47. The van der Waals surface area contributed by atoms with Crippen LogP contribution in [0.5, 0.6) is 0 Å². The van der Waals surface area contributed by atoms with E-state index in [0.717, 1.165) is 0 Å². The van der Waals surface area contributed by atoms with Crippen molar-refractivity contribution in [2.45, 2.75) is 26.8 Å². The van der Waals surface area contributed by atoms with Gasteiger partial charge in [0.2, 0.25) is 11.0 Å². The van der Waals surface area contributed by atoms with Gasteiger partial charge in [0.1, 0.15) is 6.33 Å². The summed E-state index contributed by atoms with van der Waals surface area (Å²) in [4.78, 5) is 19.7. The Morgan fingerprint density at radius 2 is 2.19 bits per heavy atom. The predicted octanol–water partition coefficient (Wildman–Crippen LogP) is 2.27. The Balaban J connectivity index is 3.31. The molecule has 1 aromatic rings.